The predicted molar refractivity (Wildman–Crippen MR) is 84.0 cm³/mol. The summed E-state index contributed by atoms with van der Waals surface area (Å²) in [6.45, 7) is 2.03. The molecule has 102 valence electrons. The molecule has 0 radical (unpaired) electrons. The van der Waals surface area contributed by atoms with Gasteiger partial charge < -0.3 is 10.5 Å². The van der Waals surface area contributed by atoms with E-state index in [0.29, 0.717) is 5.82 Å². The van der Waals surface area contributed by atoms with E-state index in [2.05, 4.69) is 20.9 Å². The first-order valence-corrected chi connectivity index (χ1v) is 6.97. The predicted octanol–water partition coefficient (Wildman–Crippen LogP) is 3.66. The molecular formula is C15H14BrN3O. The number of benzene rings is 1. The standard InChI is InChI=1S/C15H14BrN3O/c1-9-3-6-13-18-14(15(17)19(13)8-9)10-4-5-12(20-2)11(16)7-10/h3-8H,17H2,1-2H3. The Morgan fingerprint density at radius 2 is 2.05 bits per heavy atom. The van der Waals surface area contributed by atoms with Gasteiger partial charge in [0, 0.05) is 11.8 Å². The average Bonchev–Trinajstić information content (AvgIpc) is 2.76. The molecule has 0 aliphatic carbocycles. The summed E-state index contributed by atoms with van der Waals surface area (Å²) in [4.78, 5) is 4.60. The molecule has 0 aliphatic rings. The van der Waals surface area contributed by atoms with Gasteiger partial charge >= 0.3 is 0 Å². The minimum atomic E-state index is 0.640. The number of nitrogens with two attached hydrogens (primary N) is 1. The number of hydrogen-bond donors (Lipinski definition) is 1. The molecule has 3 rings (SSSR count). The molecule has 0 spiro atoms. The molecule has 0 fully saturated rings. The Kier molecular flexibility index (Phi) is 3.14. The van der Waals surface area contributed by atoms with E-state index in [1.807, 2.05) is 47.9 Å². The fourth-order valence-corrected chi connectivity index (χ4v) is 2.74. The fourth-order valence-electron chi connectivity index (χ4n) is 2.20. The summed E-state index contributed by atoms with van der Waals surface area (Å²) in [5, 5.41) is 0. The molecule has 0 bridgehead atoms. The normalized spacial score (nSPS) is 10.9. The van der Waals surface area contributed by atoms with Crippen molar-refractivity contribution in [2.24, 2.45) is 0 Å². The first-order valence-electron chi connectivity index (χ1n) is 6.18. The number of ether oxygens (including phenoxy) is 1. The van der Waals surface area contributed by atoms with Gasteiger partial charge in [0.1, 0.15) is 22.9 Å². The van der Waals surface area contributed by atoms with E-state index in [1.165, 1.54) is 0 Å². The summed E-state index contributed by atoms with van der Waals surface area (Å²) in [7, 11) is 1.64. The van der Waals surface area contributed by atoms with Crippen LogP contribution < -0.4 is 10.5 Å². The Balaban J connectivity index is 2.19. The van der Waals surface area contributed by atoms with Crippen molar-refractivity contribution in [3.8, 4) is 17.0 Å². The van der Waals surface area contributed by atoms with Crippen LogP contribution in [0.15, 0.2) is 41.0 Å². The summed E-state index contributed by atoms with van der Waals surface area (Å²) in [5.41, 5.74) is 9.93. The number of imidazole rings is 1. The third kappa shape index (κ3) is 2.04. The van der Waals surface area contributed by atoms with Gasteiger partial charge in [0.05, 0.1) is 11.6 Å². The monoisotopic (exact) mass is 331 g/mol. The Bertz CT molecular complexity index is 795. The smallest absolute Gasteiger partial charge is 0.139 e. The molecule has 0 saturated carbocycles. The number of rotatable bonds is 2. The van der Waals surface area contributed by atoms with Crippen molar-refractivity contribution in [3.05, 3.63) is 46.6 Å². The third-order valence-electron chi connectivity index (χ3n) is 3.23. The van der Waals surface area contributed by atoms with Gasteiger partial charge in [0.25, 0.3) is 0 Å². The van der Waals surface area contributed by atoms with Crippen molar-refractivity contribution in [2.75, 3.05) is 12.8 Å². The lowest BCUT2D eigenvalue weighted by Crippen LogP contribution is -1.94. The van der Waals surface area contributed by atoms with E-state index in [1.54, 1.807) is 7.11 Å². The maximum atomic E-state index is 6.21. The van der Waals surface area contributed by atoms with Gasteiger partial charge in [0.2, 0.25) is 0 Å². The summed E-state index contributed by atoms with van der Waals surface area (Å²) in [6.07, 6.45) is 1.99. The SMILES string of the molecule is COc1ccc(-c2nc3ccc(C)cn3c2N)cc1Br. The highest BCUT2D eigenvalue weighted by Gasteiger charge is 2.12. The van der Waals surface area contributed by atoms with Crippen LogP contribution in [0, 0.1) is 6.92 Å². The highest BCUT2D eigenvalue weighted by atomic mass is 79.9. The highest BCUT2D eigenvalue weighted by molar-refractivity contribution is 9.10. The summed E-state index contributed by atoms with van der Waals surface area (Å²) in [6, 6.07) is 9.80. The minimum absolute atomic E-state index is 0.640. The van der Waals surface area contributed by atoms with Gasteiger partial charge in [-0.2, -0.15) is 0 Å². The van der Waals surface area contributed by atoms with E-state index in [0.717, 1.165) is 32.7 Å². The second kappa shape index (κ2) is 4.83. The van der Waals surface area contributed by atoms with Gasteiger partial charge in [-0.3, -0.25) is 4.40 Å². The molecule has 4 nitrogen and oxygen atoms in total. The number of nitrogens with zero attached hydrogens (tertiary/aromatic N) is 2. The molecule has 5 heteroatoms. The highest BCUT2D eigenvalue weighted by Crippen LogP contribution is 2.33. The van der Waals surface area contributed by atoms with Crippen LogP contribution in [0.1, 0.15) is 5.56 Å². The summed E-state index contributed by atoms with van der Waals surface area (Å²) >= 11 is 3.48. The zero-order chi connectivity index (χ0) is 14.3. The van der Waals surface area contributed by atoms with Crippen molar-refractivity contribution in [3.63, 3.8) is 0 Å². The lowest BCUT2D eigenvalue weighted by atomic mass is 10.1. The summed E-state index contributed by atoms with van der Waals surface area (Å²) in [5.74, 6) is 1.42. The van der Waals surface area contributed by atoms with Crippen molar-refractivity contribution >= 4 is 27.4 Å². The number of halogens is 1. The van der Waals surface area contributed by atoms with E-state index < -0.39 is 0 Å². The van der Waals surface area contributed by atoms with Crippen LogP contribution in [0.5, 0.6) is 5.75 Å². The van der Waals surface area contributed by atoms with Gasteiger partial charge in [-0.1, -0.05) is 6.07 Å². The number of aromatic nitrogens is 2. The molecular weight excluding hydrogens is 318 g/mol. The Hall–Kier alpha value is -2.01. The van der Waals surface area contributed by atoms with Gasteiger partial charge in [-0.15, -0.1) is 0 Å². The molecule has 2 N–H and O–H groups in total. The molecule has 2 aromatic heterocycles. The molecule has 0 unspecified atom stereocenters. The lowest BCUT2D eigenvalue weighted by molar-refractivity contribution is 0.412. The molecule has 20 heavy (non-hydrogen) atoms. The van der Waals surface area contributed by atoms with E-state index >= 15 is 0 Å². The number of pyridine rings is 1. The maximum Gasteiger partial charge on any atom is 0.139 e. The van der Waals surface area contributed by atoms with Crippen LogP contribution in [0.4, 0.5) is 5.82 Å². The average molecular weight is 332 g/mol. The zero-order valence-corrected chi connectivity index (χ0v) is 12.8. The number of fused-ring (bicyclic) bond motifs is 1. The molecule has 1 aromatic carbocycles. The second-order valence-corrected chi connectivity index (χ2v) is 5.48. The van der Waals surface area contributed by atoms with Crippen molar-refractivity contribution in [1.82, 2.24) is 9.38 Å². The number of methoxy groups -OCH3 is 1. The van der Waals surface area contributed by atoms with Gasteiger partial charge in [-0.05, 0) is 52.7 Å². The number of anilines is 1. The van der Waals surface area contributed by atoms with Crippen molar-refractivity contribution in [1.29, 1.82) is 0 Å². The number of hydrogen-bond acceptors (Lipinski definition) is 3. The van der Waals surface area contributed by atoms with Crippen LogP contribution in [0.3, 0.4) is 0 Å². The zero-order valence-electron chi connectivity index (χ0n) is 11.2. The lowest BCUT2D eigenvalue weighted by Gasteiger charge is -2.05. The van der Waals surface area contributed by atoms with E-state index in [4.69, 9.17) is 10.5 Å². The van der Waals surface area contributed by atoms with Crippen LogP contribution in [-0.2, 0) is 0 Å². The molecule has 0 amide bonds. The fraction of sp³-hybridized carbons (Fsp3) is 0.133. The van der Waals surface area contributed by atoms with Crippen LogP contribution in [0.2, 0.25) is 0 Å². The van der Waals surface area contributed by atoms with Crippen LogP contribution in [0.25, 0.3) is 16.9 Å². The van der Waals surface area contributed by atoms with Crippen LogP contribution in [-0.4, -0.2) is 16.5 Å². The molecule has 0 atom stereocenters. The maximum absolute atomic E-state index is 6.21. The molecule has 3 aromatic rings. The first-order chi connectivity index (χ1) is 9.60. The number of nitrogen functional groups attached to an aromatic ring is 1. The van der Waals surface area contributed by atoms with E-state index in [-0.39, 0.29) is 0 Å². The largest absolute Gasteiger partial charge is 0.496 e. The molecule has 2 heterocycles. The Morgan fingerprint density at radius 1 is 1.25 bits per heavy atom. The molecule has 0 aliphatic heterocycles. The van der Waals surface area contributed by atoms with Crippen molar-refractivity contribution < 1.29 is 4.74 Å². The summed E-state index contributed by atoms with van der Waals surface area (Å²) < 4.78 is 8.02. The Morgan fingerprint density at radius 3 is 2.75 bits per heavy atom. The minimum Gasteiger partial charge on any atom is -0.496 e. The number of aryl methyl sites for hydroxylation is 1. The first kappa shape index (κ1) is 13.0. The van der Waals surface area contributed by atoms with Gasteiger partial charge in [-0.25, -0.2) is 4.98 Å². The quantitative estimate of drug-likeness (QED) is 0.779. The Labute approximate surface area is 125 Å². The van der Waals surface area contributed by atoms with E-state index in [9.17, 15) is 0 Å². The molecule has 0 saturated heterocycles. The topological polar surface area (TPSA) is 52.5 Å². The van der Waals surface area contributed by atoms with Crippen LogP contribution >= 0.6 is 15.9 Å². The second-order valence-electron chi connectivity index (χ2n) is 4.63. The third-order valence-corrected chi connectivity index (χ3v) is 3.85. The van der Waals surface area contributed by atoms with Crippen molar-refractivity contribution in [2.45, 2.75) is 6.92 Å². The van der Waals surface area contributed by atoms with Gasteiger partial charge in [0.15, 0.2) is 0 Å².